The molecule has 2 aromatic heterocycles. The highest BCUT2D eigenvalue weighted by atomic mass is 32.2. The predicted octanol–water partition coefficient (Wildman–Crippen LogP) is 6.09. The molecule has 3 heterocycles. The molecule has 0 spiro atoms. The SMILES string of the molecule is CN1CCSc2cc(-c3nc(Nc4ccc(N(C)C)cc4C4CC4)ncc3C(F)(F)F)sc2C1=O. The Morgan fingerprint density at radius 1 is 1.20 bits per heavy atom. The third-order valence-corrected chi connectivity index (χ3v) is 8.34. The smallest absolute Gasteiger partial charge is 0.378 e. The van der Waals surface area contributed by atoms with Crippen LogP contribution >= 0.6 is 23.1 Å². The molecule has 0 bridgehead atoms. The number of rotatable bonds is 5. The summed E-state index contributed by atoms with van der Waals surface area (Å²) in [5.74, 6) is 1.00. The number of hydrogen-bond acceptors (Lipinski definition) is 7. The zero-order valence-electron chi connectivity index (χ0n) is 19.4. The number of fused-ring (bicyclic) bond motifs is 1. The van der Waals surface area contributed by atoms with Crippen molar-refractivity contribution >= 4 is 46.3 Å². The van der Waals surface area contributed by atoms with Crippen LogP contribution in [0, 0.1) is 0 Å². The van der Waals surface area contributed by atoms with Crippen molar-refractivity contribution in [3.8, 4) is 10.6 Å². The predicted molar refractivity (Wildman–Crippen MR) is 134 cm³/mol. The summed E-state index contributed by atoms with van der Waals surface area (Å²) in [6.45, 7) is 0.589. The highest BCUT2D eigenvalue weighted by molar-refractivity contribution is 7.99. The first kappa shape index (κ1) is 23.9. The van der Waals surface area contributed by atoms with E-state index in [1.165, 1.54) is 11.8 Å². The third kappa shape index (κ3) is 4.84. The van der Waals surface area contributed by atoms with E-state index in [4.69, 9.17) is 0 Å². The van der Waals surface area contributed by atoms with Gasteiger partial charge >= 0.3 is 6.18 Å². The lowest BCUT2D eigenvalue weighted by Crippen LogP contribution is -2.26. The molecule has 1 aromatic carbocycles. The molecule has 11 heteroatoms. The highest BCUT2D eigenvalue weighted by Crippen LogP contribution is 2.46. The van der Waals surface area contributed by atoms with Crippen LogP contribution in [0.5, 0.6) is 0 Å². The minimum absolute atomic E-state index is 0.0900. The van der Waals surface area contributed by atoms with Crippen LogP contribution in [0.15, 0.2) is 35.4 Å². The summed E-state index contributed by atoms with van der Waals surface area (Å²) in [7, 11) is 5.63. The zero-order valence-corrected chi connectivity index (χ0v) is 21.1. The summed E-state index contributed by atoms with van der Waals surface area (Å²) in [5.41, 5.74) is 1.81. The molecule has 1 fully saturated rings. The standard InChI is InChI=1S/C24H24F3N5OS2/c1-31(2)14-6-7-17(15(10-14)13-4-5-13)29-23-28-12-16(24(25,26)27)20(30-23)18-11-19-21(35-18)22(33)32(3)8-9-34-19/h6-7,10-13H,4-5,8-9H2,1-3H3,(H,28,29,30). The van der Waals surface area contributed by atoms with Gasteiger partial charge in [-0.1, -0.05) is 0 Å². The average Bonchev–Trinajstić information content (AvgIpc) is 3.58. The van der Waals surface area contributed by atoms with Crippen molar-refractivity contribution < 1.29 is 18.0 Å². The van der Waals surface area contributed by atoms with Gasteiger partial charge in [-0.25, -0.2) is 9.97 Å². The first-order valence-corrected chi connectivity index (χ1v) is 13.0. The Hall–Kier alpha value is -2.79. The number of halogens is 3. The molecule has 0 radical (unpaired) electrons. The number of benzene rings is 1. The van der Waals surface area contributed by atoms with E-state index in [1.54, 1.807) is 18.0 Å². The van der Waals surface area contributed by atoms with Gasteiger partial charge in [0.25, 0.3) is 5.91 Å². The van der Waals surface area contributed by atoms with E-state index in [2.05, 4.69) is 21.4 Å². The number of aromatic nitrogens is 2. The Labute approximate surface area is 209 Å². The quantitative estimate of drug-likeness (QED) is 0.440. The van der Waals surface area contributed by atoms with Crippen molar-refractivity contribution in [2.45, 2.75) is 29.8 Å². The van der Waals surface area contributed by atoms with Crippen molar-refractivity contribution in [3.63, 3.8) is 0 Å². The van der Waals surface area contributed by atoms with Gasteiger partial charge < -0.3 is 15.1 Å². The summed E-state index contributed by atoms with van der Waals surface area (Å²) < 4.78 is 41.7. The Morgan fingerprint density at radius 3 is 2.66 bits per heavy atom. The van der Waals surface area contributed by atoms with E-state index in [1.807, 2.05) is 31.1 Å². The number of amides is 1. The van der Waals surface area contributed by atoms with Crippen LogP contribution in [0.3, 0.4) is 0 Å². The van der Waals surface area contributed by atoms with Crippen molar-refractivity contribution in [1.82, 2.24) is 14.9 Å². The zero-order chi connectivity index (χ0) is 24.9. The van der Waals surface area contributed by atoms with Gasteiger partial charge in [-0.3, -0.25) is 4.79 Å². The molecule has 184 valence electrons. The number of carbonyl (C=O) groups is 1. The lowest BCUT2D eigenvalue weighted by atomic mass is 10.1. The number of hydrogen-bond donors (Lipinski definition) is 1. The summed E-state index contributed by atoms with van der Waals surface area (Å²) in [6, 6.07) is 7.61. The maximum absolute atomic E-state index is 13.9. The fraction of sp³-hybridized carbons (Fsp3) is 0.375. The van der Waals surface area contributed by atoms with Gasteiger partial charge in [-0.05, 0) is 48.6 Å². The number of thioether (sulfide) groups is 1. The first-order chi connectivity index (χ1) is 16.6. The molecule has 1 aliphatic heterocycles. The molecule has 0 unspecified atom stereocenters. The van der Waals surface area contributed by atoms with Crippen molar-refractivity contribution in [1.29, 1.82) is 0 Å². The monoisotopic (exact) mass is 519 g/mol. The molecule has 1 saturated carbocycles. The second kappa shape index (κ2) is 9.02. The molecule has 3 aromatic rings. The van der Waals surface area contributed by atoms with E-state index in [9.17, 15) is 18.0 Å². The van der Waals surface area contributed by atoms with E-state index in [-0.39, 0.29) is 17.5 Å². The second-order valence-corrected chi connectivity index (χ2v) is 11.1. The van der Waals surface area contributed by atoms with E-state index < -0.39 is 11.7 Å². The highest BCUT2D eigenvalue weighted by Gasteiger charge is 2.37. The Kier molecular flexibility index (Phi) is 6.16. The van der Waals surface area contributed by atoms with Gasteiger partial charge in [0, 0.05) is 55.9 Å². The summed E-state index contributed by atoms with van der Waals surface area (Å²) >= 11 is 2.52. The molecule has 0 atom stereocenters. The Balaban J connectivity index is 1.55. The van der Waals surface area contributed by atoms with E-state index in [0.717, 1.165) is 47.3 Å². The maximum Gasteiger partial charge on any atom is 0.420 e. The minimum Gasteiger partial charge on any atom is -0.378 e. The largest absolute Gasteiger partial charge is 0.420 e. The lowest BCUT2D eigenvalue weighted by Gasteiger charge is -2.18. The van der Waals surface area contributed by atoms with Crippen LogP contribution in [-0.2, 0) is 6.18 Å². The van der Waals surface area contributed by atoms with Crippen LogP contribution in [0.2, 0.25) is 0 Å². The summed E-state index contributed by atoms with van der Waals surface area (Å²) in [4.78, 5) is 26.1. The van der Waals surface area contributed by atoms with Crippen LogP contribution in [0.4, 0.5) is 30.5 Å². The molecular weight excluding hydrogens is 495 g/mol. The van der Waals surface area contributed by atoms with Gasteiger partial charge in [-0.2, -0.15) is 13.2 Å². The Bertz CT molecular complexity index is 1290. The van der Waals surface area contributed by atoms with E-state index in [0.29, 0.717) is 32.9 Å². The fourth-order valence-corrected chi connectivity index (χ4v) is 6.38. The number of nitrogens with zero attached hydrogens (tertiary/aromatic N) is 4. The molecule has 1 amide bonds. The summed E-state index contributed by atoms with van der Waals surface area (Å²) in [5, 5.41) is 3.15. The first-order valence-electron chi connectivity index (χ1n) is 11.2. The molecule has 5 rings (SSSR count). The average molecular weight is 520 g/mol. The fourth-order valence-electron chi connectivity index (χ4n) is 3.95. The molecular formula is C24H24F3N5OS2. The number of carbonyl (C=O) groups excluding carboxylic acids is 1. The van der Waals surface area contributed by atoms with Crippen LogP contribution in [0.1, 0.15) is 39.6 Å². The molecule has 0 saturated heterocycles. The minimum atomic E-state index is -4.63. The van der Waals surface area contributed by atoms with Gasteiger partial charge in [0.2, 0.25) is 5.95 Å². The van der Waals surface area contributed by atoms with Crippen LogP contribution < -0.4 is 10.2 Å². The molecule has 1 N–H and O–H groups in total. The van der Waals surface area contributed by atoms with Gasteiger partial charge in [0.05, 0.1) is 10.6 Å². The van der Waals surface area contributed by atoms with Gasteiger partial charge in [-0.15, -0.1) is 23.1 Å². The third-order valence-electron chi connectivity index (χ3n) is 6.07. The van der Waals surface area contributed by atoms with Gasteiger partial charge in [0.1, 0.15) is 10.4 Å². The van der Waals surface area contributed by atoms with Crippen molar-refractivity contribution in [2.24, 2.45) is 0 Å². The number of thiophene rings is 1. The molecule has 2 aliphatic rings. The topological polar surface area (TPSA) is 61.4 Å². The molecule has 6 nitrogen and oxygen atoms in total. The van der Waals surface area contributed by atoms with Crippen LogP contribution in [-0.4, -0.2) is 54.2 Å². The lowest BCUT2D eigenvalue weighted by molar-refractivity contribution is -0.137. The number of alkyl halides is 3. The van der Waals surface area contributed by atoms with Crippen molar-refractivity contribution in [3.05, 3.63) is 46.5 Å². The molecule has 35 heavy (non-hydrogen) atoms. The number of nitrogens with one attached hydrogen (secondary N) is 1. The summed E-state index contributed by atoms with van der Waals surface area (Å²) in [6.07, 6.45) is -1.66. The van der Waals surface area contributed by atoms with E-state index >= 15 is 0 Å². The normalized spacial score (nSPS) is 16.2. The van der Waals surface area contributed by atoms with Gasteiger partial charge in [0.15, 0.2) is 0 Å². The number of anilines is 3. The molecule has 1 aliphatic carbocycles. The second-order valence-electron chi connectivity index (χ2n) is 8.90. The maximum atomic E-state index is 13.9. The van der Waals surface area contributed by atoms with Crippen LogP contribution in [0.25, 0.3) is 10.6 Å². The Morgan fingerprint density at radius 2 is 1.97 bits per heavy atom. The van der Waals surface area contributed by atoms with Crippen molar-refractivity contribution in [2.75, 3.05) is 43.7 Å².